The van der Waals surface area contributed by atoms with E-state index in [-0.39, 0.29) is 6.61 Å². The minimum Gasteiger partial charge on any atom is -0.443 e. The first-order valence-corrected chi connectivity index (χ1v) is 3.59. The summed E-state index contributed by atoms with van der Waals surface area (Å²) in [5, 5.41) is 0. The summed E-state index contributed by atoms with van der Waals surface area (Å²) >= 11 is 0. The molecule has 0 amide bonds. The van der Waals surface area contributed by atoms with E-state index >= 15 is 0 Å². The van der Waals surface area contributed by atoms with E-state index in [1.165, 1.54) is 0 Å². The smallest absolute Gasteiger partial charge is 0.385 e. The van der Waals surface area contributed by atoms with Crippen LogP contribution in [0, 0.1) is 24.2 Å². The Morgan fingerprint density at radius 1 is 1.46 bits per heavy atom. The fourth-order valence-corrected chi connectivity index (χ4v) is 0.439. The van der Waals surface area contributed by atoms with Crippen LogP contribution >= 0.6 is 0 Å². The average molecular weight is 178 g/mol. The molecule has 0 rings (SSSR count). The molecule has 0 atom stereocenters. The number of ether oxygens (including phenoxy) is 2. The Kier molecular flexibility index (Phi) is 7.28. The highest BCUT2D eigenvalue weighted by atomic mass is 16.5. The van der Waals surface area contributed by atoms with Crippen molar-refractivity contribution in [2.75, 3.05) is 19.8 Å². The SMILES string of the molecule is C#CC(=O)OCC#CCOCC=C. The molecule has 0 bridgehead atoms. The van der Waals surface area contributed by atoms with Crippen LogP contribution in [0.2, 0.25) is 0 Å². The minimum absolute atomic E-state index is 0.000479. The normalized spacial score (nSPS) is 7.62. The third-order valence-electron chi connectivity index (χ3n) is 0.928. The first-order chi connectivity index (χ1) is 6.31. The summed E-state index contributed by atoms with van der Waals surface area (Å²) < 4.78 is 9.42. The second-order valence-corrected chi connectivity index (χ2v) is 1.88. The van der Waals surface area contributed by atoms with E-state index in [4.69, 9.17) is 11.2 Å². The fourth-order valence-electron chi connectivity index (χ4n) is 0.439. The number of rotatable bonds is 4. The van der Waals surface area contributed by atoms with Crippen LogP contribution in [0.3, 0.4) is 0 Å². The Morgan fingerprint density at radius 3 is 2.77 bits per heavy atom. The summed E-state index contributed by atoms with van der Waals surface area (Å²) in [5.41, 5.74) is 0. The predicted molar refractivity (Wildman–Crippen MR) is 48.6 cm³/mol. The maximum atomic E-state index is 10.4. The Balaban J connectivity index is 3.36. The van der Waals surface area contributed by atoms with Crippen molar-refractivity contribution in [1.29, 1.82) is 0 Å². The Hall–Kier alpha value is -1.71. The van der Waals surface area contributed by atoms with Crippen molar-refractivity contribution in [3.63, 3.8) is 0 Å². The average Bonchev–Trinajstić information content (AvgIpc) is 2.16. The van der Waals surface area contributed by atoms with Crippen molar-refractivity contribution in [2.24, 2.45) is 0 Å². The van der Waals surface area contributed by atoms with Crippen molar-refractivity contribution in [2.45, 2.75) is 0 Å². The standard InChI is InChI=1S/C10H10O3/c1-3-7-12-8-5-6-9-13-10(11)4-2/h2-3H,1,7-9H2. The lowest BCUT2D eigenvalue weighted by Gasteiger charge is -1.92. The van der Waals surface area contributed by atoms with Crippen molar-refractivity contribution < 1.29 is 14.3 Å². The second-order valence-electron chi connectivity index (χ2n) is 1.88. The van der Waals surface area contributed by atoms with Crippen LogP contribution in [0.4, 0.5) is 0 Å². The van der Waals surface area contributed by atoms with Crippen molar-refractivity contribution in [3.05, 3.63) is 12.7 Å². The van der Waals surface area contributed by atoms with Crippen molar-refractivity contribution >= 4 is 5.97 Å². The van der Waals surface area contributed by atoms with E-state index in [2.05, 4.69) is 23.2 Å². The lowest BCUT2D eigenvalue weighted by molar-refractivity contribution is -0.135. The molecule has 0 fully saturated rings. The van der Waals surface area contributed by atoms with E-state index in [9.17, 15) is 4.79 Å². The topological polar surface area (TPSA) is 35.5 Å². The van der Waals surface area contributed by atoms with E-state index in [0.717, 1.165) is 0 Å². The van der Waals surface area contributed by atoms with Crippen molar-refractivity contribution in [1.82, 2.24) is 0 Å². The summed E-state index contributed by atoms with van der Waals surface area (Å²) in [6, 6.07) is 0. The molecule has 0 aliphatic heterocycles. The summed E-state index contributed by atoms with van der Waals surface area (Å²) in [5.74, 6) is 6.29. The molecule has 0 aromatic rings. The van der Waals surface area contributed by atoms with Gasteiger partial charge in [0.25, 0.3) is 0 Å². The predicted octanol–water partition coefficient (Wildman–Crippen LogP) is 0.369. The number of hydrogen-bond donors (Lipinski definition) is 0. The van der Waals surface area contributed by atoms with Crippen LogP contribution in [0.5, 0.6) is 0 Å². The van der Waals surface area contributed by atoms with Gasteiger partial charge in [0.2, 0.25) is 0 Å². The number of hydrogen-bond acceptors (Lipinski definition) is 3. The Morgan fingerprint density at radius 2 is 2.15 bits per heavy atom. The third-order valence-corrected chi connectivity index (χ3v) is 0.928. The minimum atomic E-state index is -0.707. The largest absolute Gasteiger partial charge is 0.443 e. The van der Waals surface area contributed by atoms with Gasteiger partial charge in [-0.15, -0.1) is 13.0 Å². The molecule has 13 heavy (non-hydrogen) atoms. The van der Waals surface area contributed by atoms with E-state index < -0.39 is 5.97 Å². The highest BCUT2D eigenvalue weighted by Gasteiger charge is 1.90. The van der Waals surface area contributed by atoms with E-state index in [1.807, 2.05) is 0 Å². The molecule has 3 nitrogen and oxygen atoms in total. The molecule has 0 aromatic carbocycles. The number of esters is 1. The third kappa shape index (κ3) is 8.19. The maximum absolute atomic E-state index is 10.4. The number of carbonyl (C=O) groups excluding carboxylic acids is 1. The first kappa shape index (κ1) is 11.3. The molecule has 3 heteroatoms. The summed E-state index contributed by atoms with van der Waals surface area (Å²) in [6.07, 6.45) is 6.37. The van der Waals surface area contributed by atoms with Gasteiger partial charge < -0.3 is 9.47 Å². The van der Waals surface area contributed by atoms with Crippen LogP contribution in [0.15, 0.2) is 12.7 Å². The molecule has 0 saturated heterocycles. The zero-order chi connectivity index (χ0) is 9.94. The van der Waals surface area contributed by atoms with E-state index in [0.29, 0.717) is 13.2 Å². The molecular weight excluding hydrogens is 168 g/mol. The van der Waals surface area contributed by atoms with Crippen molar-refractivity contribution in [3.8, 4) is 24.2 Å². The highest BCUT2D eigenvalue weighted by Crippen LogP contribution is 1.75. The molecule has 0 heterocycles. The molecule has 0 saturated carbocycles. The van der Waals surface area contributed by atoms with Crippen LogP contribution in [0.25, 0.3) is 0 Å². The lowest BCUT2D eigenvalue weighted by Crippen LogP contribution is -2.00. The van der Waals surface area contributed by atoms with Gasteiger partial charge in [0.15, 0.2) is 6.61 Å². The number of carbonyl (C=O) groups is 1. The zero-order valence-corrected chi connectivity index (χ0v) is 7.21. The summed E-state index contributed by atoms with van der Waals surface area (Å²) in [7, 11) is 0. The quantitative estimate of drug-likeness (QED) is 0.205. The second kappa shape index (κ2) is 8.39. The van der Waals surface area contributed by atoms with Gasteiger partial charge in [-0.25, -0.2) is 4.79 Å². The van der Waals surface area contributed by atoms with Crippen LogP contribution in [-0.2, 0) is 14.3 Å². The molecule has 68 valence electrons. The molecule has 0 radical (unpaired) electrons. The van der Waals surface area contributed by atoms with Gasteiger partial charge in [0.05, 0.1) is 6.61 Å². The monoisotopic (exact) mass is 178 g/mol. The Labute approximate surface area is 77.7 Å². The van der Waals surface area contributed by atoms with Gasteiger partial charge in [-0.1, -0.05) is 17.9 Å². The van der Waals surface area contributed by atoms with Gasteiger partial charge in [-0.2, -0.15) is 0 Å². The van der Waals surface area contributed by atoms with E-state index in [1.54, 1.807) is 12.0 Å². The Bertz CT molecular complexity index is 262. The van der Waals surface area contributed by atoms with Crippen LogP contribution < -0.4 is 0 Å². The molecule has 0 aromatic heterocycles. The molecular formula is C10H10O3. The first-order valence-electron chi connectivity index (χ1n) is 3.59. The summed E-state index contributed by atoms with van der Waals surface area (Å²) in [4.78, 5) is 10.4. The van der Waals surface area contributed by atoms with Crippen LogP contribution in [0.1, 0.15) is 0 Å². The molecule has 0 aliphatic rings. The van der Waals surface area contributed by atoms with Crippen LogP contribution in [-0.4, -0.2) is 25.8 Å². The molecule has 0 N–H and O–H groups in total. The molecule has 0 unspecified atom stereocenters. The van der Waals surface area contributed by atoms with Gasteiger partial charge in [0, 0.05) is 5.92 Å². The lowest BCUT2D eigenvalue weighted by atomic mass is 10.6. The van der Waals surface area contributed by atoms with Gasteiger partial charge in [-0.05, 0) is 0 Å². The molecule has 0 aliphatic carbocycles. The highest BCUT2D eigenvalue weighted by molar-refractivity contribution is 5.87. The molecule has 0 spiro atoms. The maximum Gasteiger partial charge on any atom is 0.385 e. The number of terminal acetylenes is 1. The fraction of sp³-hybridized carbons (Fsp3) is 0.300. The zero-order valence-electron chi connectivity index (χ0n) is 7.21. The van der Waals surface area contributed by atoms with Gasteiger partial charge in [0.1, 0.15) is 6.61 Å². The van der Waals surface area contributed by atoms with Gasteiger partial charge in [-0.3, -0.25) is 0 Å². The summed E-state index contributed by atoms with van der Waals surface area (Å²) in [6.45, 7) is 4.21. The van der Waals surface area contributed by atoms with Gasteiger partial charge >= 0.3 is 5.97 Å².